The number of rotatable bonds is 4. The van der Waals surface area contributed by atoms with E-state index in [2.05, 4.69) is 10.3 Å². The van der Waals surface area contributed by atoms with Gasteiger partial charge in [0.1, 0.15) is 0 Å². The van der Waals surface area contributed by atoms with Crippen LogP contribution in [0.3, 0.4) is 0 Å². The van der Waals surface area contributed by atoms with Crippen LogP contribution >= 0.6 is 22.9 Å². The second-order valence-corrected chi connectivity index (χ2v) is 6.46. The molecule has 3 rings (SSSR count). The summed E-state index contributed by atoms with van der Waals surface area (Å²) in [5, 5.41) is 4.20. The third-order valence-electron chi connectivity index (χ3n) is 3.51. The summed E-state index contributed by atoms with van der Waals surface area (Å²) in [5.74, 6) is -0.198. The minimum atomic E-state index is -0.170. The van der Waals surface area contributed by atoms with Crippen molar-refractivity contribution in [2.75, 3.05) is 5.32 Å². The van der Waals surface area contributed by atoms with Gasteiger partial charge in [-0.25, -0.2) is 4.98 Å². The smallest absolute Gasteiger partial charge is 0.233 e. The fourth-order valence-electron chi connectivity index (χ4n) is 2.40. The highest BCUT2D eigenvalue weighted by atomic mass is 35.5. The molecule has 22 heavy (non-hydrogen) atoms. The molecule has 3 nitrogen and oxygen atoms in total. The maximum atomic E-state index is 12.5. The Balaban J connectivity index is 1.82. The predicted octanol–water partition coefficient (Wildman–Crippen LogP) is 5.08. The van der Waals surface area contributed by atoms with E-state index in [-0.39, 0.29) is 11.8 Å². The standard InChI is InChI=1S/C17H15ClN2OS/c1-2-13(11-6-4-3-5-7-11)16(21)20-17-19-14-9-8-12(18)10-15(14)22-17/h3-10,13H,2H2,1H3,(H,19,20,21). The van der Waals surface area contributed by atoms with Crippen LogP contribution in [0.5, 0.6) is 0 Å². The Labute approximate surface area is 138 Å². The molecule has 3 aromatic rings. The fraction of sp³-hybridized carbons (Fsp3) is 0.176. The Morgan fingerprint density at radius 2 is 2.05 bits per heavy atom. The predicted molar refractivity (Wildman–Crippen MR) is 92.7 cm³/mol. The number of thiazole rings is 1. The van der Waals surface area contributed by atoms with Gasteiger partial charge in [-0.05, 0) is 30.2 Å². The van der Waals surface area contributed by atoms with Crippen molar-refractivity contribution in [1.29, 1.82) is 0 Å². The van der Waals surface area contributed by atoms with Gasteiger partial charge in [-0.15, -0.1) is 0 Å². The first-order valence-electron chi connectivity index (χ1n) is 7.09. The molecule has 0 radical (unpaired) electrons. The van der Waals surface area contributed by atoms with Gasteiger partial charge in [-0.3, -0.25) is 4.79 Å². The van der Waals surface area contributed by atoms with Gasteiger partial charge in [0.05, 0.1) is 16.1 Å². The normalized spacial score (nSPS) is 12.3. The van der Waals surface area contributed by atoms with Crippen LogP contribution in [-0.2, 0) is 4.79 Å². The van der Waals surface area contributed by atoms with E-state index < -0.39 is 0 Å². The van der Waals surface area contributed by atoms with Crippen LogP contribution in [0, 0.1) is 0 Å². The number of halogens is 1. The monoisotopic (exact) mass is 330 g/mol. The highest BCUT2D eigenvalue weighted by Gasteiger charge is 2.19. The van der Waals surface area contributed by atoms with Crippen LogP contribution in [-0.4, -0.2) is 10.9 Å². The minimum absolute atomic E-state index is 0.0288. The van der Waals surface area contributed by atoms with E-state index in [0.29, 0.717) is 10.2 Å². The third-order valence-corrected chi connectivity index (χ3v) is 4.68. The molecule has 112 valence electrons. The van der Waals surface area contributed by atoms with Gasteiger partial charge in [0.15, 0.2) is 5.13 Å². The number of amides is 1. The fourth-order valence-corrected chi connectivity index (χ4v) is 3.55. The lowest BCUT2D eigenvalue weighted by molar-refractivity contribution is -0.117. The molecule has 1 heterocycles. The number of fused-ring (bicyclic) bond motifs is 1. The second-order valence-electron chi connectivity index (χ2n) is 4.99. The topological polar surface area (TPSA) is 42.0 Å². The summed E-state index contributed by atoms with van der Waals surface area (Å²) < 4.78 is 0.968. The van der Waals surface area contributed by atoms with Gasteiger partial charge >= 0.3 is 0 Å². The summed E-state index contributed by atoms with van der Waals surface area (Å²) in [7, 11) is 0. The number of hydrogen-bond donors (Lipinski definition) is 1. The SMILES string of the molecule is CCC(C(=O)Nc1nc2ccc(Cl)cc2s1)c1ccccc1. The quantitative estimate of drug-likeness (QED) is 0.724. The van der Waals surface area contributed by atoms with Crippen molar-refractivity contribution in [3.05, 3.63) is 59.1 Å². The summed E-state index contributed by atoms with van der Waals surface area (Å²) in [6.45, 7) is 2.01. The molecule has 0 saturated carbocycles. The highest BCUT2D eigenvalue weighted by Crippen LogP contribution is 2.29. The number of nitrogens with one attached hydrogen (secondary N) is 1. The van der Waals surface area contributed by atoms with E-state index in [1.54, 1.807) is 6.07 Å². The first-order chi connectivity index (χ1) is 10.7. The zero-order valence-corrected chi connectivity index (χ0v) is 13.6. The van der Waals surface area contributed by atoms with E-state index >= 15 is 0 Å². The molecule has 0 saturated heterocycles. The lowest BCUT2D eigenvalue weighted by Gasteiger charge is -2.13. The molecule has 1 unspecified atom stereocenters. The lowest BCUT2D eigenvalue weighted by atomic mass is 9.96. The number of benzene rings is 2. The van der Waals surface area contributed by atoms with Crippen molar-refractivity contribution in [3.63, 3.8) is 0 Å². The number of anilines is 1. The van der Waals surface area contributed by atoms with Gasteiger partial charge in [-0.2, -0.15) is 0 Å². The first kappa shape index (κ1) is 15.0. The van der Waals surface area contributed by atoms with E-state index in [1.165, 1.54) is 11.3 Å². The molecule has 1 aromatic heterocycles. The third kappa shape index (κ3) is 3.13. The van der Waals surface area contributed by atoms with Crippen molar-refractivity contribution in [2.24, 2.45) is 0 Å². The summed E-state index contributed by atoms with van der Waals surface area (Å²) in [4.78, 5) is 16.9. The van der Waals surface area contributed by atoms with Gasteiger partial charge in [0.25, 0.3) is 0 Å². The number of hydrogen-bond acceptors (Lipinski definition) is 3. The maximum Gasteiger partial charge on any atom is 0.233 e. The summed E-state index contributed by atoms with van der Waals surface area (Å²) in [6.07, 6.45) is 0.743. The van der Waals surface area contributed by atoms with Crippen LogP contribution < -0.4 is 5.32 Å². The Hall–Kier alpha value is -1.91. The molecule has 0 fully saturated rings. The zero-order chi connectivity index (χ0) is 15.5. The molecule has 0 bridgehead atoms. The van der Waals surface area contributed by atoms with Crippen LogP contribution in [0.1, 0.15) is 24.8 Å². The van der Waals surface area contributed by atoms with Crippen LogP contribution in [0.2, 0.25) is 5.02 Å². The Morgan fingerprint density at radius 3 is 2.77 bits per heavy atom. The largest absolute Gasteiger partial charge is 0.301 e. The molecule has 1 N–H and O–H groups in total. The molecule has 0 aliphatic heterocycles. The number of carbonyl (C=O) groups is 1. The van der Waals surface area contributed by atoms with E-state index in [0.717, 1.165) is 22.2 Å². The number of carbonyl (C=O) groups excluding carboxylic acids is 1. The van der Waals surface area contributed by atoms with Crippen LogP contribution in [0.4, 0.5) is 5.13 Å². The molecule has 0 spiro atoms. The molecule has 0 aliphatic carbocycles. The summed E-state index contributed by atoms with van der Waals surface area (Å²) >= 11 is 7.41. The van der Waals surface area contributed by atoms with Crippen molar-refractivity contribution in [1.82, 2.24) is 4.98 Å². The lowest BCUT2D eigenvalue weighted by Crippen LogP contribution is -2.20. The Bertz CT molecular complexity index is 801. The zero-order valence-electron chi connectivity index (χ0n) is 12.0. The molecular weight excluding hydrogens is 316 g/mol. The first-order valence-corrected chi connectivity index (χ1v) is 8.28. The van der Waals surface area contributed by atoms with Gasteiger partial charge in [-0.1, -0.05) is 60.2 Å². The molecule has 0 aliphatic rings. The number of nitrogens with zero attached hydrogens (tertiary/aromatic N) is 1. The Morgan fingerprint density at radius 1 is 1.27 bits per heavy atom. The maximum absolute atomic E-state index is 12.5. The molecular formula is C17H15ClN2OS. The second kappa shape index (κ2) is 6.46. The van der Waals surface area contributed by atoms with Gasteiger partial charge in [0.2, 0.25) is 5.91 Å². The molecule has 2 aromatic carbocycles. The average Bonchev–Trinajstić information content (AvgIpc) is 2.90. The van der Waals surface area contributed by atoms with Crippen molar-refractivity contribution in [3.8, 4) is 0 Å². The minimum Gasteiger partial charge on any atom is -0.301 e. The summed E-state index contributed by atoms with van der Waals surface area (Å²) in [6, 6.07) is 15.3. The van der Waals surface area contributed by atoms with Gasteiger partial charge < -0.3 is 5.32 Å². The number of aromatic nitrogens is 1. The summed E-state index contributed by atoms with van der Waals surface area (Å²) in [5.41, 5.74) is 1.86. The van der Waals surface area contributed by atoms with Crippen molar-refractivity contribution < 1.29 is 4.79 Å². The van der Waals surface area contributed by atoms with E-state index in [1.807, 2.05) is 49.4 Å². The highest BCUT2D eigenvalue weighted by molar-refractivity contribution is 7.22. The average molecular weight is 331 g/mol. The van der Waals surface area contributed by atoms with E-state index in [9.17, 15) is 4.79 Å². The van der Waals surface area contributed by atoms with Crippen LogP contribution in [0.15, 0.2) is 48.5 Å². The van der Waals surface area contributed by atoms with Crippen molar-refractivity contribution in [2.45, 2.75) is 19.3 Å². The van der Waals surface area contributed by atoms with Crippen molar-refractivity contribution >= 4 is 44.2 Å². The Kier molecular flexibility index (Phi) is 4.41. The molecule has 1 atom stereocenters. The molecule has 1 amide bonds. The van der Waals surface area contributed by atoms with Gasteiger partial charge in [0, 0.05) is 5.02 Å². The van der Waals surface area contributed by atoms with E-state index in [4.69, 9.17) is 11.6 Å². The van der Waals surface area contributed by atoms with Crippen LogP contribution in [0.25, 0.3) is 10.2 Å². The molecule has 5 heteroatoms.